The zero-order valence-corrected chi connectivity index (χ0v) is 14.5. The van der Waals surface area contributed by atoms with E-state index < -0.39 is 0 Å². The average molecular weight is 350 g/mol. The molecule has 6 heteroatoms. The third-order valence-electron chi connectivity index (χ3n) is 4.26. The van der Waals surface area contributed by atoms with Crippen LogP contribution in [0.15, 0.2) is 76.3 Å². The van der Waals surface area contributed by atoms with Gasteiger partial charge in [-0.05, 0) is 22.9 Å². The van der Waals surface area contributed by atoms with E-state index in [2.05, 4.69) is 20.9 Å². The highest BCUT2D eigenvalue weighted by atomic mass is 32.2. The van der Waals surface area contributed by atoms with E-state index in [4.69, 9.17) is 0 Å². The Morgan fingerprint density at radius 2 is 1.52 bits per heavy atom. The van der Waals surface area contributed by atoms with E-state index in [0.717, 1.165) is 21.3 Å². The number of hydrogen-bond acceptors (Lipinski definition) is 4. The van der Waals surface area contributed by atoms with Gasteiger partial charge in [-0.25, -0.2) is 0 Å². The Hall–Kier alpha value is -2.73. The topological polar surface area (TPSA) is 65.5 Å². The first-order valence-electron chi connectivity index (χ1n) is 8.09. The molecule has 2 heterocycles. The number of nitrogens with one attached hydrogen (secondary N) is 3. The summed E-state index contributed by atoms with van der Waals surface area (Å²) in [6.07, 6.45) is -0.243. The smallest absolute Gasteiger partial charge is 0.254 e. The van der Waals surface area contributed by atoms with Gasteiger partial charge in [0.05, 0.1) is 16.6 Å². The Balaban J connectivity index is 1.74. The summed E-state index contributed by atoms with van der Waals surface area (Å²) in [4.78, 5) is 17.2. The highest BCUT2D eigenvalue weighted by molar-refractivity contribution is 8.17. The van der Waals surface area contributed by atoms with Crippen LogP contribution in [0.5, 0.6) is 0 Å². The van der Waals surface area contributed by atoms with E-state index in [9.17, 15) is 4.79 Å². The number of nitrogens with zero attached hydrogens (tertiary/aromatic N) is 1. The summed E-state index contributed by atoms with van der Waals surface area (Å²) in [5.74, 6) is -0.0633. The normalized spacial score (nSPS) is 24.2. The molecule has 2 aliphatic rings. The molecule has 2 atom stereocenters. The van der Waals surface area contributed by atoms with Crippen molar-refractivity contribution in [1.82, 2.24) is 16.0 Å². The molecular formula is C19H18N4OS. The van der Waals surface area contributed by atoms with Gasteiger partial charge in [-0.3, -0.25) is 9.79 Å². The fourth-order valence-electron chi connectivity index (χ4n) is 3.04. The van der Waals surface area contributed by atoms with Crippen molar-refractivity contribution in [3.05, 3.63) is 82.4 Å². The van der Waals surface area contributed by atoms with E-state index in [1.54, 1.807) is 7.05 Å². The lowest BCUT2D eigenvalue weighted by Crippen LogP contribution is -2.49. The van der Waals surface area contributed by atoms with E-state index in [1.807, 2.05) is 60.7 Å². The van der Waals surface area contributed by atoms with Gasteiger partial charge in [0.15, 0.2) is 5.17 Å². The molecule has 3 N–H and O–H groups in total. The fourth-order valence-corrected chi connectivity index (χ4v) is 4.00. The minimum Gasteiger partial charge on any atom is -0.355 e. The number of aliphatic imine (C=N–C) groups is 1. The predicted molar refractivity (Wildman–Crippen MR) is 101 cm³/mol. The van der Waals surface area contributed by atoms with Crippen LogP contribution in [0, 0.1) is 0 Å². The molecule has 4 rings (SSSR count). The molecule has 0 aromatic heterocycles. The molecule has 2 aromatic carbocycles. The second-order valence-corrected chi connectivity index (χ2v) is 6.82. The van der Waals surface area contributed by atoms with Crippen LogP contribution >= 0.6 is 11.8 Å². The second-order valence-electron chi connectivity index (χ2n) is 5.82. The van der Waals surface area contributed by atoms with Crippen LogP contribution in [0.25, 0.3) is 0 Å². The minimum absolute atomic E-state index is 0.0633. The van der Waals surface area contributed by atoms with E-state index >= 15 is 0 Å². The van der Waals surface area contributed by atoms with E-state index in [1.165, 1.54) is 11.8 Å². The summed E-state index contributed by atoms with van der Waals surface area (Å²) in [6.45, 7) is 0. The Bertz CT molecular complexity index is 848. The largest absolute Gasteiger partial charge is 0.355 e. The summed E-state index contributed by atoms with van der Waals surface area (Å²) in [5.41, 5.74) is 2.76. The van der Waals surface area contributed by atoms with Crippen molar-refractivity contribution < 1.29 is 4.79 Å². The average Bonchev–Trinajstić information content (AvgIpc) is 2.68. The maximum Gasteiger partial charge on any atom is 0.254 e. The van der Waals surface area contributed by atoms with Gasteiger partial charge in [0.25, 0.3) is 5.91 Å². The van der Waals surface area contributed by atoms with Crippen molar-refractivity contribution in [1.29, 1.82) is 0 Å². The lowest BCUT2D eigenvalue weighted by molar-refractivity contribution is -0.119. The summed E-state index contributed by atoms with van der Waals surface area (Å²) in [7, 11) is 1.75. The molecule has 0 saturated heterocycles. The molecule has 0 fully saturated rings. The van der Waals surface area contributed by atoms with Crippen LogP contribution in [0.3, 0.4) is 0 Å². The maximum absolute atomic E-state index is 12.9. The monoisotopic (exact) mass is 350 g/mol. The van der Waals surface area contributed by atoms with Crippen molar-refractivity contribution in [3.63, 3.8) is 0 Å². The van der Waals surface area contributed by atoms with E-state index in [0.29, 0.717) is 5.57 Å². The number of thioether (sulfide) groups is 1. The van der Waals surface area contributed by atoms with E-state index in [-0.39, 0.29) is 18.1 Å². The number of benzene rings is 2. The van der Waals surface area contributed by atoms with Crippen LogP contribution in [-0.2, 0) is 4.79 Å². The zero-order valence-electron chi connectivity index (χ0n) is 13.7. The summed E-state index contributed by atoms with van der Waals surface area (Å²) < 4.78 is 0. The van der Waals surface area contributed by atoms with Gasteiger partial charge in [-0.15, -0.1) is 0 Å². The number of amidine groups is 1. The van der Waals surface area contributed by atoms with Crippen LogP contribution in [-0.4, -0.2) is 18.1 Å². The molecule has 2 aliphatic heterocycles. The molecule has 0 saturated carbocycles. The number of rotatable bonds is 2. The molecule has 0 radical (unpaired) electrons. The Morgan fingerprint density at radius 1 is 0.880 bits per heavy atom. The first-order chi connectivity index (χ1) is 12.3. The fraction of sp³-hybridized carbons (Fsp3) is 0.158. The molecule has 2 aromatic rings. The summed E-state index contributed by atoms with van der Waals surface area (Å²) in [6, 6.07) is 19.6. The Labute approximate surface area is 150 Å². The molecule has 0 aliphatic carbocycles. The maximum atomic E-state index is 12.9. The van der Waals surface area contributed by atoms with Crippen LogP contribution in [0.4, 0.5) is 0 Å². The molecule has 1 amide bonds. The number of carbonyl (C=O) groups excluding carboxylic acids is 1. The highest BCUT2D eigenvalue weighted by Gasteiger charge is 2.37. The third kappa shape index (κ3) is 3.00. The standard InChI is InChI=1S/C19H18N4OS/c1-20-19-21-15(12-8-4-2-5-9-12)14-17(24)22-16(23-18(14)25-19)13-10-6-3-7-11-13/h2-11,15-16,23H,1H3,(H,20,21)(H,22,24)/t15-,16+/m1/s1. The summed E-state index contributed by atoms with van der Waals surface area (Å²) >= 11 is 1.46. The number of amides is 1. The van der Waals surface area contributed by atoms with Gasteiger partial charge in [-0.2, -0.15) is 0 Å². The molecular weight excluding hydrogens is 332 g/mol. The van der Waals surface area contributed by atoms with Gasteiger partial charge in [0, 0.05) is 7.05 Å². The SMILES string of the molecule is CN=C1N[C@H](c2ccccc2)C2=C(N[C@@H](c3ccccc3)NC2=O)S1. The van der Waals surface area contributed by atoms with Gasteiger partial charge >= 0.3 is 0 Å². The molecule has 0 spiro atoms. The van der Waals surface area contributed by atoms with Crippen LogP contribution < -0.4 is 16.0 Å². The molecule has 25 heavy (non-hydrogen) atoms. The van der Waals surface area contributed by atoms with Crippen molar-refractivity contribution in [2.75, 3.05) is 7.05 Å². The number of hydrogen-bond donors (Lipinski definition) is 3. The number of carbonyl (C=O) groups is 1. The van der Waals surface area contributed by atoms with Crippen molar-refractivity contribution >= 4 is 22.8 Å². The minimum atomic E-state index is -0.243. The molecule has 0 bridgehead atoms. The molecule has 126 valence electrons. The zero-order chi connectivity index (χ0) is 17.2. The Kier molecular flexibility index (Phi) is 4.19. The lowest BCUT2D eigenvalue weighted by Gasteiger charge is -2.37. The lowest BCUT2D eigenvalue weighted by atomic mass is 9.97. The first kappa shape index (κ1) is 15.8. The van der Waals surface area contributed by atoms with Crippen LogP contribution in [0.1, 0.15) is 23.3 Å². The van der Waals surface area contributed by atoms with Gasteiger partial charge in [-0.1, -0.05) is 60.7 Å². The first-order valence-corrected chi connectivity index (χ1v) is 8.90. The van der Waals surface area contributed by atoms with Gasteiger partial charge in [0.1, 0.15) is 6.17 Å². The third-order valence-corrected chi connectivity index (χ3v) is 5.30. The quantitative estimate of drug-likeness (QED) is 0.779. The Morgan fingerprint density at radius 3 is 2.16 bits per heavy atom. The summed E-state index contributed by atoms with van der Waals surface area (Å²) in [5, 5.41) is 11.5. The predicted octanol–water partition coefficient (Wildman–Crippen LogP) is 2.68. The van der Waals surface area contributed by atoms with Crippen molar-refractivity contribution in [2.45, 2.75) is 12.2 Å². The van der Waals surface area contributed by atoms with Crippen molar-refractivity contribution in [3.8, 4) is 0 Å². The van der Waals surface area contributed by atoms with Gasteiger partial charge in [0.2, 0.25) is 0 Å². The molecule has 0 unspecified atom stereocenters. The van der Waals surface area contributed by atoms with Gasteiger partial charge < -0.3 is 16.0 Å². The van der Waals surface area contributed by atoms with Crippen molar-refractivity contribution in [2.24, 2.45) is 4.99 Å². The molecule has 5 nitrogen and oxygen atoms in total. The highest BCUT2D eigenvalue weighted by Crippen LogP contribution is 2.37. The van der Waals surface area contributed by atoms with Crippen LogP contribution in [0.2, 0.25) is 0 Å². The second kappa shape index (κ2) is 6.64.